The second kappa shape index (κ2) is 8.48. The van der Waals surface area contributed by atoms with Gasteiger partial charge in [-0.25, -0.2) is 0 Å². The molecule has 1 nitrogen and oxygen atoms in total. The summed E-state index contributed by atoms with van der Waals surface area (Å²) in [6.45, 7) is 0.283. The molecule has 0 aliphatic heterocycles. The summed E-state index contributed by atoms with van der Waals surface area (Å²) in [5.74, 6) is 0. The zero-order valence-corrected chi connectivity index (χ0v) is 15.6. The van der Waals surface area contributed by atoms with Crippen molar-refractivity contribution in [1.29, 1.82) is 0 Å². The predicted molar refractivity (Wildman–Crippen MR) is 74.3 cm³/mol. The van der Waals surface area contributed by atoms with Crippen molar-refractivity contribution in [3.05, 3.63) is 64.3 Å². The molecule has 1 aromatic rings. The number of halogens is 2. The maximum absolute atomic E-state index is 9.02. The summed E-state index contributed by atoms with van der Waals surface area (Å²) in [6, 6.07) is 8.74. The van der Waals surface area contributed by atoms with Crippen LogP contribution < -0.4 is 24.8 Å². The van der Waals surface area contributed by atoms with Crippen molar-refractivity contribution in [3.8, 4) is 0 Å². The molecule has 0 saturated heterocycles. The van der Waals surface area contributed by atoms with Crippen LogP contribution in [0.2, 0.25) is 0 Å². The number of aliphatic hydroxyl groups excluding tert-OH is 1. The fraction of sp³-hybridized carbons (Fsp3) is 0.294. The fourth-order valence-electron chi connectivity index (χ4n) is 2.94. The molecule has 1 aromatic carbocycles. The quantitative estimate of drug-likeness (QED) is 0.605. The molecule has 0 saturated carbocycles. The largest absolute Gasteiger partial charge is 1.00 e. The first-order valence-electron chi connectivity index (χ1n) is 6.82. The van der Waals surface area contributed by atoms with Crippen molar-refractivity contribution in [2.75, 3.05) is 6.61 Å². The topological polar surface area (TPSA) is 20.2 Å². The second-order valence-corrected chi connectivity index (χ2v) is 6.52. The SMILES string of the molecule is OCCCC1=C(C2=Cc3ccccc3[CH]2[Zr+2])CC=C1.[Cl-].[Cl-]. The molecule has 0 heterocycles. The average molecular weight is 399 g/mol. The smallest absolute Gasteiger partial charge is 1.00 e. The van der Waals surface area contributed by atoms with Crippen molar-refractivity contribution in [1.82, 2.24) is 0 Å². The second-order valence-electron chi connectivity index (χ2n) is 5.10. The third-order valence-electron chi connectivity index (χ3n) is 3.91. The van der Waals surface area contributed by atoms with Crippen LogP contribution in [-0.4, -0.2) is 11.7 Å². The van der Waals surface area contributed by atoms with Crippen LogP contribution in [0.1, 0.15) is 34.0 Å². The van der Waals surface area contributed by atoms with E-state index >= 15 is 0 Å². The number of fused-ring (bicyclic) bond motifs is 1. The molecule has 1 N–H and O–H groups in total. The zero-order valence-electron chi connectivity index (χ0n) is 11.7. The van der Waals surface area contributed by atoms with Gasteiger partial charge in [0, 0.05) is 0 Å². The molecule has 0 spiro atoms. The van der Waals surface area contributed by atoms with Gasteiger partial charge in [0.2, 0.25) is 0 Å². The molecule has 0 bridgehead atoms. The molecule has 21 heavy (non-hydrogen) atoms. The number of hydrogen-bond donors (Lipinski definition) is 1. The molecule has 0 amide bonds. The number of rotatable bonds is 4. The first-order valence-corrected chi connectivity index (χ1v) is 8.24. The molecular weight excluding hydrogens is 382 g/mol. The molecule has 109 valence electrons. The van der Waals surface area contributed by atoms with Crippen LogP contribution >= 0.6 is 0 Å². The van der Waals surface area contributed by atoms with E-state index < -0.39 is 0 Å². The van der Waals surface area contributed by atoms with Gasteiger partial charge in [-0.05, 0) is 0 Å². The molecular formula is C17H17Cl2OZr. The molecule has 3 rings (SSSR count). The van der Waals surface area contributed by atoms with Crippen LogP contribution in [0.25, 0.3) is 6.08 Å². The van der Waals surface area contributed by atoms with Crippen LogP contribution in [0.4, 0.5) is 0 Å². The minimum Gasteiger partial charge on any atom is -1.00 e. The Labute approximate surface area is 153 Å². The Bertz CT molecular complexity index is 590. The van der Waals surface area contributed by atoms with E-state index in [0.29, 0.717) is 3.63 Å². The molecule has 2 aliphatic rings. The van der Waals surface area contributed by atoms with Gasteiger partial charge in [0.15, 0.2) is 0 Å². The van der Waals surface area contributed by atoms with Crippen LogP contribution in [0.5, 0.6) is 0 Å². The van der Waals surface area contributed by atoms with Gasteiger partial charge in [-0.15, -0.1) is 0 Å². The first-order chi connectivity index (χ1) is 9.31. The predicted octanol–water partition coefficient (Wildman–Crippen LogP) is -2.29. The van der Waals surface area contributed by atoms with Crippen LogP contribution in [0, 0.1) is 0 Å². The summed E-state index contributed by atoms with van der Waals surface area (Å²) in [4.78, 5) is 0. The summed E-state index contributed by atoms with van der Waals surface area (Å²) in [7, 11) is 0. The Balaban J connectivity index is 0.00000110. The van der Waals surface area contributed by atoms with E-state index in [-0.39, 0.29) is 31.4 Å². The van der Waals surface area contributed by atoms with Gasteiger partial charge in [0.05, 0.1) is 0 Å². The Kier molecular flexibility index (Phi) is 7.64. The van der Waals surface area contributed by atoms with Gasteiger partial charge in [-0.2, -0.15) is 0 Å². The minimum absolute atomic E-state index is 0. The molecule has 0 aromatic heterocycles. The van der Waals surface area contributed by atoms with Gasteiger partial charge in [-0.1, -0.05) is 0 Å². The van der Waals surface area contributed by atoms with E-state index in [0.717, 1.165) is 19.3 Å². The van der Waals surface area contributed by atoms with Gasteiger partial charge >= 0.3 is 130 Å². The van der Waals surface area contributed by atoms with E-state index in [2.05, 4.69) is 42.5 Å². The van der Waals surface area contributed by atoms with Crippen LogP contribution in [0.3, 0.4) is 0 Å². The third-order valence-corrected chi connectivity index (χ3v) is 5.44. The van der Waals surface area contributed by atoms with Crippen molar-refractivity contribution >= 4 is 6.08 Å². The molecule has 0 radical (unpaired) electrons. The Morgan fingerprint density at radius 1 is 1.19 bits per heavy atom. The monoisotopic (exact) mass is 397 g/mol. The van der Waals surface area contributed by atoms with Crippen LogP contribution in [-0.2, 0) is 24.7 Å². The maximum Gasteiger partial charge on any atom is -1.00 e. The summed E-state index contributed by atoms with van der Waals surface area (Å²) >= 11 is 1.56. The molecule has 1 unspecified atom stereocenters. The molecule has 2 aliphatic carbocycles. The number of benzene rings is 1. The summed E-state index contributed by atoms with van der Waals surface area (Å²) < 4.78 is 0.586. The molecule has 1 atom stereocenters. The maximum atomic E-state index is 9.02. The summed E-state index contributed by atoms with van der Waals surface area (Å²) in [5, 5.41) is 9.02. The Hall–Kier alpha value is -0.137. The zero-order chi connectivity index (χ0) is 13.2. The van der Waals surface area contributed by atoms with E-state index in [4.69, 9.17) is 5.11 Å². The standard InChI is InChI=1S/C17H17O.2ClH.Zr/c18-10-4-8-13-7-3-9-17(13)16-11-14-5-1-2-6-15(14)12-16;;;/h1-3,5-7,11-12,18H,4,8-10H2;2*1H;/q;;;+2/p-2. The Morgan fingerprint density at radius 2 is 1.95 bits per heavy atom. The van der Waals surface area contributed by atoms with E-state index in [9.17, 15) is 0 Å². The summed E-state index contributed by atoms with van der Waals surface area (Å²) in [6.07, 6.45) is 9.80. The average Bonchev–Trinajstić information content (AvgIpc) is 3.01. The van der Waals surface area contributed by atoms with Gasteiger partial charge in [-0.3, -0.25) is 0 Å². The Morgan fingerprint density at radius 3 is 2.67 bits per heavy atom. The minimum atomic E-state index is 0. The van der Waals surface area contributed by atoms with Gasteiger partial charge < -0.3 is 24.8 Å². The van der Waals surface area contributed by atoms with E-state index in [1.165, 1.54) is 27.8 Å². The summed E-state index contributed by atoms with van der Waals surface area (Å²) in [5.41, 5.74) is 7.32. The molecule has 0 fully saturated rings. The van der Waals surface area contributed by atoms with Gasteiger partial charge in [0.1, 0.15) is 0 Å². The first kappa shape index (κ1) is 18.9. The fourth-order valence-corrected chi connectivity index (χ4v) is 4.22. The number of aliphatic hydroxyl groups is 1. The van der Waals surface area contributed by atoms with Gasteiger partial charge in [0.25, 0.3) is 0 Å². The van der Waals surface area contributed by atoms with Crippen molar-refractivity contribution in [2.45, 2.75) is 22.9 Å². The normalized spacial score (nSPS) is 19.0. The van der Waals surface area contributed by atoms with Crippen molar-refractivity contribution in [2.24, 2.45) is 0 Å². The van der Waals surface area contributed by atoms with Crippen molar-refractivity contribution in [3.63, 3.8) is 0 Å². The molecule has 4 heteroatoms. The van der Waals surface area contributed by atoms with Crippen LogP contribution in [0.15, 0.2) is 53.1 Å². The number of allylic oxidation sites excluding steroid dienone is 5. The number of hydrogen-bond acceptors (Lipinski definition) is 1. The van der Waals surface area contributed by atoms with E-state index in [1.807, 2.05) is 0 Å². The third kappa shape index (κ3) is 3.80. The van der Waals surface area contributed by atoms with E-state index in [1.54, 1.807) is 24.7 Å². The van der Waals surface area contributed by atoms with Crippen molar-refractivity contribution < 1.29 is 54.6 Å².